The maximum Gasteiger partial charge on any atom is 0.338 e. The molecule has 192 valence electrons. The van der Waals surface area contributed by atoms with Crippen molar-refractivity contribution in [1.82, 2.24) is 29.1 Å². The standard InChI is InChI=1S/C25H20F2N8O3/c1-32-12-19-22-23(31-35(19)17-7-6-13(28)10-18(17)32)33(11-14-15(26)4-3-5-16(14)27)25(37)34(24(22)36)20-8-9-21(38-2)30-29-20/h3-10H,11-12,28H2,1-2H3. The van der Waals surface area contributed by atoms with Crippen molar-refractivity contribution in [3.8, 4) is 17.4 Å². The van der Waals surface area contributed by atoms with Gasteiger partial charge in [-0.3, -0.25) is 9.36 Å². The van der Waals surface area contributed by atoms with E-state index in [0.29, 0.717) is 17.1 Å². The summed E-state index contributed by atoms with van der Waals surface area (Å²) in [5, 5.41) is 12.5. The number of benzene rings is 2. The number of methoxy groups -OCH3 is 1. The van der Waals surface area contributed by atoms with Crippen LogP contribution >= 0.6 is 0 Å². The predicted octanol–water partition coefficient (Wildman–Crippen LogP) is 2.00. The molecule has 4 heterocycles. The average molecular weight is 518 g/mol. The molecule has 6 rings (SSSR count). The van der Waals surface area contributed by atoms with Gasteiger partial charge in [-0.05, 0) is 36.4 Å². The zero-order chi connectivity index (χ0) is 26.7. The molecule has 0 spiro atoms. The monoisotopic (exact) mass is 518 g/mol. The predicted molar refractivity (Wildman–Crippen MR) is 135 cm³/mol. The molecule has 0 saturated heterocycles. The summed E-state index contributed by atoms with van der Waals surface area (Å²) < 4.78 is 37.8. The Morgan fingerprint density at radius 2 is 1.79 bits per heavy atom. The number of hydrogen-bond donors (Lipinski definition) is 1. The molecule has 38 heavy (non-hydrogen) atoms. The Hall–Kier alpha value is -5.07. The zero-order valence-electron chi connectivity index (χ0n) is 20.2. The third-order valence-electron chi connectivity index (χ3n) is 6.53. The minimum atomic E-state index is -0.883. The van der Waals surface area contributed by atoms with Crippen LogP contribution in [0, 0.1) is 11.6 Å². The SMILES string of the molecule is COc1ccc(-n2c(=O)c3c4n(nc3n(Cc3c(F)cccc3F)c2=O)-c2ccc(N)cc2N(C)C4)nn1. The molecule has 1 aliphatic heterocycles. The Morgan fingerprint density at radius 1 is 1.03 bits per heavy atom. The molecule has 0 aliphatic carbocycles. The first-order valence-corrected chi connectivity index (χ1v) is 11.5. The van der Waals surface area contributed by atoms with E-state index in [1.165, 1.54) is 25.3 Å². The molecule has 0 unspecified atom stereocenters. The molecule has 0 radical (unpaired) electrons. The molecule has 3 aromatic heterocycles. The van der Waals surface area contributed by atoms with Gasteiger partial charge in [-0.2, -0.15) is 0 Å². The maximum atomic E-state index is 14.7. The van der Waals surface area contributed by atoms with E-state index in [1.807, 2.05) is 11.9 Å². The van der Waals surface area contributed by atoms with Gasteiger partial charge in [0.15, 0.2) is 11.5 Å². The lowest BCUT2D eigenvalue weighted by Crippen LogP contribution is -2.40. The van der Waals surface area contributed by atoms with Crippen molar-refractivity contribution in [2.45, 2.75) is 13.1 Å². The van der Waals surface area contributed by atoms with Gasteiger partial charge in [0.2, 0.25) is 5.88 Å². The van der Waals surface area contributed by atoms with Crippen LogP contribution in [0.1, 0.15) is 11.3 Å². The third kappa shape index (κ3) is 3.43. The molecular weight excluding hydrogens is 498 g/mol. The summed E-state index contributed by atoms with van der Waals surface area (Å²) >= 11 is 0. The number of nitrogens with zero attached hydrogens (tertiary/aromatic N) is 7. The second-order valence-electron chi connectivity index (χ2n) is 8.80. The second-order valence-corrected chi connectivity index (χ2v) is 8.80. The van der Waals surface area contributed by atoms with E-state index in [9.17, 15) is 18.4 Å². The fourth-order valence-corrected chi connectivity index (χ4v) is 4.67. The quantitative estimate of drug-likeness (QED) is 0.358. The Morgan fingerprint density at radius 3 is 2.47 bits per heavy atom. The van der Waals surface area contributed by atoms with Gasteiger partial charge in [-0.15, -0.1) is 15.3 Å². The van der Waals surface area contributed by atoms with Crippen molar-refractivity contribution >= 4 is 22.4 Å². The minimum Gasteiger partial charge on any atom is -0.480 e. The van der Waals surface area contributed by atoms with E-state index in [-0.39, 0.29) is 34.8 Å². The van der Waals surface area contributed by atoms with Crippen LogP contribution in [0.4, 0.5) is 20.2 Å². The Labute approximate surface area is 212 Å². The lowest BCUT2D eigenvalue weighted by molar-refractivity contribution is 0.391. The number of hydrogen-bond acceptors (Lipinski definition) is 8. The number of rotatable bonds is 4. The van der Waals surface area contributed by atoms with Crippen molar-refractivity contribution in [2.24, 2.45) is 0 Å². The molecule has 0 amide bonds. The highest BCUT2D eigenvalue weighted by Crippen LogP contribution is 2.34. The number of aromatic nitrogens is 6. The summed E-state index contributed by atoms with van der Waals surface area (Å²) in [5.41, 5.74) is 6.46. The van der Waals surface area contributed by atoms with E-state index in [4.69, 9.17) is 10.5 Å². The molecular formula is C25H20F2N8O3. The summed E-state index contributed by atoms with van der Waals surface area (Å²) in [6.07, 6.45) is 0. The molecule has 0 fully saturated rings. The van der Waals surface area contributed by atoms with Crippen LogP contribution < -0.4 is 26.6 Å². The first-order chi connectivity index (χ1) is 18.3. The van der Waals surface area contributed by atoms with Crippen molar-refractivity contribution in [1.29, 1.82) is 0 Å². The highest BCUT2D eigenvalue weighted by atomic mass is 19.1. The van der Waals surface area contributed by atoms with Crippen LogP contribution in [0.25, 0.3) is 22.5 Å². The number of nitrogen functional groups attached to an aromatic ring is 1. The number of nitrogens with two attached hydrogens (primary N) is 1. The van der Waals surface area contributed by atoms with Crippen molar-refractivity contribution in [3.05, 3.63) is 92.3 Å². The smallest absolute Gasteiger partial charge is 0.338 e. The highest BCUT2D eigenvalue weighted by Gasteiger charge is 2.29. The van der Waals surface area contributed by atoms with Crippen LogP contribution in [0.15, 0.2) is 58.1 Å². The van der Waals surface area contributed by atoms with Crippen LogP contribution in [-0.4, -0.2) is 43.3 Å². The van der Waals surface area contributed by atoms with Gasteiger partial charge >= 0.3 is 5.69 Å². The van der Waals surface area contributed by atoms with Gasteiger partial charge in [-0.25, -0.2) is 22.8 Å². The van der Waals surface area contributed by atoms with Crippen molar-refractivity contribution in [3.63, 3.8) is 0 Å². The highest BCUT2D eigenvalue weighted by molar-refractivity contribution is 5.82. The largest absolute Gasteiger partial charge is 0.480 e. The molecule has 0 bridgehead atoms. The van der Waals surface area contributed by atoms with E-state index in [2.05, 4.69) is 15.3 Å². The molecule has 0 atom stereocenters. The fraction of sp³-hybridized carbons (Fsp3) is 0.160. The second kappa shape index (κ2) is 8.50. The Kier molecular flexibility index (Phi) is 5.22. The van der Waals surface area contributed by atoms with Crippen LogP contribution in [-0.2, 0) is 13.1 Å². The normalized spacial score (nSPS) is 12.5. The molecule has 0 saturated carbocycles. The molecule has 13 heteroatoms. The van der Waals surface area contributed by atoms with Crippen molar-refractivity contribution < 1.29 is 13.5 Å². The fourth-order valence-electron chi connectivity index (χ4n) is 4.67. The van der Waals surface area contributed by atoms with Gasteiger partial charge < -0.3 is 15.4 Å². The number of fused-ring (bicyclic) bond motifs is 5. The van der Waals surface area contributed by atoms with Gasteiger partial charge in [-0.1, -0.05) is 6.07 Å². The topological polar surface area (TPSA) is 126 Å². The Balaban J connectivity index is 1.70. The molecule has 5 aromatic rings. The minimum absolute atomic E-state index is 0.0200. The van der Waals surface area contributed by atoms with Gasteiger partial charge in [0.1, 0.15) is 17.0 Å². The maximum absolute atomic E-state index is 14.7. The summed E-state index contributed by atoms with van der Waals surface area (Å²) in [7, 11) is 3.23. The van der Waals surface area contributed by atoms with E-state index in [1.54, 1.807) is 22.9 Å². The summed E-state index contributed by atoms with van der Waals surface area (Å²) in [6, 6.07) is 11.5. The number of halogens is 2. The van der Waals surface area contributed by atoms with Gasteiger partial charge in [0.05, 0.1) is 37.3 Å². The average Bonchev–Trinajstić information content (AvgIpc) is 3.28. The summed E-state index contributed by atoms with van der Waals surface area (Å²) in [5.74, 6) is -1.58. The number of anilines is 2. The molecule has 11 nitrogen and oxygen atoms in total. The Bertz CT molecular complexity index is 1840. The first kappa shape index (κ1) is 23.3. The lowest BCUT2D eigenvalue weighted by Gasteiger charge is -2.28. The first-order valence-electron chi connectivity index (χ1n) is 11.5. The van der Waals surface area contributed by atoms with Crippen LogP contribution in [0.3, 0.4) is 0 Å². The summed E-state index contributed by atoms with van der Waals surface area (Å²) in [4.78, 5) is 29.5. The summed E-state index contributed by atoms with van der Waals surface area (Å²) in [6.45, 7) is -0.263. The van der Waals surface area contributed by atoms with E-state index in [0.717, 1.165) is 27.0 Å². The van der Waals surface area contributed by atoms with Crippen molar-refractivity contribution in [2.75, 3.05) is 24.8 Å². The third-order valence-corrected chi connectivity index (χ3v) is 6.53. The number of ether oxygens (including phenoxy) is 1. The van der Waals surface area contributed by atoms with Crippen LogP contribution in [0.5, 0.6) is 5.88 Å². The molecule has 2 aromatic carbocycles. The van der Waals surface area contributed by atoms with E-state index >= 15 is 0 Å². The van der Waals surface area contributed by atoms with Gasteiger partial charge in [0, 0.05) is 24.4 Å². The zero-order valence-corrected chi connectivity index (χ0v) is 20.2. The molecule has 1 aliphatic rings. The van der Waals surface area contributed by atoms with Crippen LogP contribution in [0.2, 0.25) is 0 Å². The lowest BCUT2D eigenvalue weighted by atomic mass is 10.1. The van der Waals surface area contributed by atoms with Gasteiger partial charge in [0.25, 0.3) is 5.56 Å². The molecule has 2 N–H and O–H groups in total. The van der Waals surface area contributed by atoms with E-state index < -0.39 is 29.4 Å².